The third-order valence-corrected chi connectivity index (χ3v) is 4.67. The second kappa shape index (κ2) is 6.99. The van der Waals surface area contributed by atoms with Crippen molar-refractivity contribution >= 4 is 12.4 Å². The Kier molecular flexibility index (Phi) is 4.90. The monoisotopic (exact) mass is 356 g/mol. The van der Waals surface area contributed by atoms with Gasteiger partial charge in [-0.1, -0.05) is 0 Å². The van der Waals surface area contributed by atoms with E-state index in [0.717, 1.165) is 17.4 Å². The number of ether oxygens (including phenoxy) is 2. The van der Waals surface area contributed by atoms with E-state index in [1.807, 2.05) is 26.8 Å². The van der Waals surface area contributed by atoms with Gasteiger partial charge in [0.25, 0.3) is 0 Å². The predicted octanol–water partition coefficient (Wildman–Crippen LogP) is 2.72. The van der Waals surface area contributed by atoms with Gasteiger partial charge in [-0.15, -0.1) is 0 Å². The van der Waals surface area contributed by atoms with E-state index in [-0.39, 0.29) is 17.9 Å². The van der Waals surface area contributed by atoms with Crippen LogP contribution in [0.3, 0.4) is 0 Å². The van der Waals surface area contributed by atoms with Crippen LogP contribution in [0.4, 0.5) is 4.79 Å². The fraction of sp³-hybridized carbons (Fsp3) is 0.550. The minimum atomic E-state index is -0.490. The van der Waals surface area contributed by atoms with Gasteiger partial charge in [-0.2, -0.15) is 5.26 Å². The third-order valence-electron chi connectivity index (χ3n) is 4.67. The molecule has 1 aromatic carbocycles. The van der Waals surface area contributed by atoms with Gasteiger partial charge >= 0.3 is 6.09 Å². The van der Waals surface area contributed by atoms with Gasteiger partial charge < -0.3 is 19.2 Å². The lowest BCUT2D eigenvalue weighted by atomic mass is 10.0. The number of fused-ring (bicyclic) bond motifs is 1. The number of carbonyl (C=O) groups is 2. The Hall–Kier alpha value is -2.55. The molecule has 0 spiro atoms. The molecule has 1 unspecified atom stereocenters. The molecule has 1 saturated heterocycles. The Labute approximate surface area is 153 Å². The maximum absolute atomic E-state index is 11.9. The highest BCUT2D eigenvalue weighted by molar-refractivity contribution is 5.69. The van der Waals surface area contributed by atoms with Gasteiger partial charge in [0, 0.05) is 24.9 Å². The molecule has 0 bridgehead atoms. The van der Waals surface area contributed by atoms with Crippen LogP contribution in [0, 0.1) is 23.2 Å². The highest BCUT2D eigenvalue weighted by Gasteiger charge is 2.34. The van der Waals surface area contributed by atoms with Crippen LogP contribution in [-0.4, -0.2) is 42.6 Å². The zero-order valence-electron chi connectivity index (χ0n) is 15.4. The van der Waals surface area contributed by atoms with Crippen molar-refractivity contribution in [2.45, 2.75) is 39.2 Å². The average molecular weight is 356 g/mol. The molecule has 138 valence electrons. The van der Waals surface area contributed by atoms with Crippen molar-refractivity contribution in [3.05, 3.63) is 28.8 Å². The van der Waals surface area contributed by atoms with Crippen LogP contribution < -0.4 is 4.74 Å². The van der Waals surface area contributed by atoms with Crippen LogP contribution >= 0.6 is 0 Å². The average Bonchev–Trinajstić information content (AvgIpc) is 2.93. The molecule has 6 heteroatoms. The molecule has 3 rings (SSSR count). The number of aldehydes is 1. The number of nitrogens with zero attached hydrogens (tertiary/aromatic N) is 2. The first-order chi connectivity index (χ1) is 12.3. The quantitative estimate of drug-likeness (QED) is 0.775. The van der Waals surface area contributed by atoms with Crippen LogP contribution in [0.5, 0.6) is 5.75 Å². The van der Waals surface area contributed by atoms with E-state index < -0.39 is 5.60 Å². The van der Waals surface area contributed by atoms with Crippen molar-refractivity contribution in [2.75, 3.05) is 19.7 Å². The summed E-state index contributed by atoms with van der Waals surface area (Å²) in [7, 11) is 0. The fourth-order valence-electron chi connectivity index (χ4n) is 3.39. The summed E-state index contributed by atoms with van der Waals surface area (Å²) in [5, 5.41) is 9.36. The van der Waals surface area contributed by atoms with E-state index in [9.17, 15) is 14.9 Å². The summed E-state index contributed by atoms with van der Waals surface area (Å²) < 4.78 is 11.2. The molecule has 1 aliphatic heterocycles. The van der Waals surface area contributed by atoms with Crippen LogP contribution in [0.15, 0.2) is 12.1 Å². The van der Waals surface area contributed by atoms with Crippen molar-refractivity contribution in [1.82, 2.24) is 4.90 Å². The maximum Gasteiger partial charge on any atom is 0.410 e. The molecule has 26 heavy (non-hydrogen) atoms. The molecule has 0 aromatic heterocycles. The van der Waals surface area contributed by atoms with Crippen molar-refractivity contribution in [3.8, 4) is 11.8 Å². The van der Waals surface area contributed by atoms with Crippen LogP contribution in [0.25, 0.3) is 0 Å². The highest BCUT2D eigenvalue weighted by Crippen LogP contribution is 2.32. The molecule has 1 aliphatic carbocycles. The number of benzene rings is 1. The normalized spacial score (nSPS) is 19.3. The van der Waals surface area contributed by atoms with Gasteiger partial charge in [0.1, 0.15) is 17.6 Å². The molecule has 6 nitrogen and oxygen atoms in total. The minimum absolute atomic E-state index is 0.0404. The van der Waals surface area contributed by atoms with Crippen LogP contribution in [0.2, 0.25) is 0 Å². The van der Waals surface area contributed by atoms with Gasteiger partial charge in [0.15, 0.2) is 0 Å². The van der Waals surface area contributed by atoms with E-state index in [1.54, 1.807) is 11.0 Å². The van der Waals surface area contributed by atoms with Gasteiger partial charge in [-0.3, -0.25) is 0 Å². The number of nitriles is 1. The number of hydrogen-bond acceptors (Lipinski definition) is 5. The summed E-state index contributed by atoms with van der Waals surface area (Å²) in [6, 6.07) is 5.89. The van der Waals surface area contributed by atoms with Crippen LogP contribution in [-0.2, 0) is 22.4 Å². The summed E-state index contributed by atoms with van der Waals surface area (Å²) >= 11 is 0. The summed E-state index contributed by atoms with van der Waals surface area (Å²) in [5.74, 6) is 0.868. The van der Waals surface area contributed by atoms with Crippen molar-refractivity contribution in [2.24, 2.45) is 11.8 Å². The molecule has 1 heterocycles. The summed E-state index contributed by atoms with van der Waals surface area (Å²) in [6.45, 7) is 7.25. The standard InChI is InChI=1S/C20H24N2O4/c1-20(2,3)26-19(24)22-9-14(10-22)12-25-17-6-15-4-13(11-23)5-18(15)16(7-17)8-21/h6-7,11,13-14H,4-5,9-10,12H2,1-3H3. The zero-order valence-corrected chi connectivity index (χ0v) is 15.4. The van der Waals surface area contributed by atoms with Crippen molar-refractivity contribution in [3.63, 3.8) is 0 Å². The summed E-state index contributed by atoms with van der Waals surface area (Å²) in [5.41, 5.74) is 2.10. The van der Waals surface area contributed by atoms with E-state index in [4.69, 9.17) is 9.47 Å². The molecule has 0 N–H and O–H groups in total. The smallest absolute Gasteiger partial charge is 0.410 e. The number of carbonyl (C=O) groups excluding carboxylic acids is 2. The number of rotatable bonds is 4. The Bertz CT molecular complexity index is 754. The van der Waals surface area contributed by atoms with Crippen molar-refractivity contribution in [1.29, 1.82) is 5.26 Å². The van der Waals surface area contributed by atoms with Crippen LogP contribution in [0.1, 0.15) is 37.5 Å². The molecule has 0 radical (unpaired) electrons. The molecule has 1 atom stereocenters. The predicted molar refractivity (Wildman–Crippen MR) is 94.9 cm³/mol. The third kappa shape index (κ3) is 3.98. The number of amides is 1. The lowest BCUT2D eigenvalue weighted by Crippen LogP contribution is -2.53. The van der Waals surface area contributed by atoms with E-state index in [2.05, 4.69) is 6.07 Å². The van der Waals surface area contributed by atoms with Gasteiger partial charge in [-0.05, 0) is 56.9 Å². The Morgan fingerprint density at radius 2 is 2.08 bits per heavy atom. The molecule has 2 aliphatic rings. The minimum Gasteiger partial charge on any atom is -0.493 e. The van der Waals surface area contributed by atoms with E-state index >= 15 is 0 Å². The Morgan fingerprint density at radius 1 is 1.35 bits per heavy atom. The topological polar surface area (TPSA) is 79.6 Å². The lowest BCUT2D eigenvalue weighted by molar-refractivity contribution is -0.110. The molecule has 1 aromatic rings. The largest absolute Gasteiger partial charge is 0.493 e. The summed E-state index contributed by atoms with van der Waals surface area (Å²) in [4.78, 5) is 24.6. The van der Waals surface area contributed by atoms with Crippen molar-refractivity contribution < 1.29 is 19.1 Å². The Balaban J connectivity index is 1.54. The second-order valence-corrected chi connectivity index (χ2v) is 8.09. The van der Waals surface area contributed by atoms with Gasteiger partial charge in [-0.25, -0.2) is 4.79 Å². The first kappa shape index (κ1) is 18.2. The highest BCUT2D eigenvalue weighted by atomic mass is 16.6. The fourth-order valence-corrected chi connectivity index (χ4v) is 3.39. The lowest BCUT2D eigenvalue weighted by Gasteiger charge is -2.39. The molecule has 1 fully saturated rings. The maximum atomic E-state index is 11.9. The number of hydrogen-bond donors (Lipinski definition) is 0. The first-order valence-electron chi connectivity index (χ1n) is 8.91. The van der Waals surface area contributed by atoms with E-state index in [1.165, 1.54) is 0 Å². The van der Waals surface area contributed by atoms with Gasteiger partial charge in [0.05, 0.1) is 18.2 Å². The first-order valence-corrected chi connectivity index (χ1v) is 8.91. The molecule has 0 saturated carbocycles. The summed E-state index contributed by atoms with van der Waals surface area (Å²) in [6.07, 6.45) is 1.97. The molecule has 1 amide bonds. The number of likely N-dealkylation sites (tertiary alicyclic amines) is 1. The Morgan fingerprint density at radius 3 is 2.69 bits per heavy atom. The molecular weight excluding hydrogens is 332 g/mol. The second-order valence-electron chi connectivity index (χ2n) is 8.09. The zero-order chi connectivity index (χ0) is 18.9. The molecular formula is C20H24N2O4. The van der Waals surface area contributed by atoms with Gasteiger partial charge in [0.2, 0.25) is 0 Å². The SMILES string of the molecule is CC(C)(C)OC(=O)N1CC(COc2cc(C#N)c3c(c2)CC(C=O)C3)C1. The van der Waals surface area contributed by atoms with E-state index in [0.29, 0.717) is 43.9 Å².